The molecule has 162 valence electrons. The maximum absolute atomic E-state index is 11.3. The molecule has 2 aromatic heterocycles. The van der Waals surface area contributed by atoms with Gasteiger partial charge < -0.3 is 15.8 Å². The van der Waals surface area contributed by atoms with Crippen molar-refractivity contribution in [1.29, 1.82) is 0 Å². The molecule has 0 aliphatic carbocycles. The molecule has 0 aliphatic rings. The lowest BCUT2D eigenvalue weighted by Crippen LogP contribution is -2.24. The molecule has 4 aromatic rings. The summed E-state index contributed by atoms with van der Waals surface area (Å²) in [6.07, 6.45) is 1.43. The van der Waals surface area contributed by atoms with Crippen LogP contribution in [0.3, 0.4) is 0 Å². The van der Waals surface area contributed by atoms with Crippen LogP contribution >= 0.6 is 0 Å². The molecule has 0 bridgehead atoms. The number of ketones is 1. The monoisotopic (exact) mass is 428 g/mol. The quantitative estimate of drug-likeness (QED) is 0.310. The van der Waals surface area contributed by atoms with Crippen molar-refractivity contribution in [1.82, 2.24) is 25.1 Å². The summed E-state index contributed by atoms with van der Waals surface area (Å²) in [4.78, 5) is 19.8. The number of ether oxygens (including phenoxy) is 1. The van der Waals surface area contributed by atoms with Crippen molar-refractivity contribution in [2.24, 2.45) is 0 Å². The number of hydrogen-bond acceptors (Lipinski definition) is 7. The number of anilines is 1. The van der Waals surface area contributed by atoms with Gasteiger partial charge in [-0.2, -0.15) is 5.10 Å². The Bertz CT molecular complexity index is 1250. The number of benzene rings is 2. The van der Waals surface area contributed by atoms with Crippen LogP contribution in [-0.2, 0) is 11.3 Å². The van der Waals surface area contributed by atoms with Crippen molar-refractivity contribution in [3.63, 3.8) is 0 Å². The van der Waals surface area contributed by atoms with Crippen molar-refractivity contribution < 1.29 is 9.53 Å². The Labute approximate surface area is 185 Å². The number of nitrogens with one attached hydrogen (secondary N) is 1. The molecule has 2 heterocycles. The highest BCUT2D eigenvalue weighted by Gasteiger charge is 2.17. The van der Waals surface area contributed by atoms with Crippen LogP contribution in [0.15, 0.2) is 73.1 Å². The zero-order chi connectivity index (χ0) is 22.5. The first-order valence-electron chi connectivity index (χ1n) is 10.2. The largest absolute Gasteiger partial charge is 0.457 e. The van der Waals surface area contributed by atoms with E-state index >= 15 is 0 Å². The second-order valence-corrected chi connectivity index (χ2v) is 7.31. The van der Waals surface area contributed by atoms with Crippen LogP contribution in [0.1, 0.15) is 6.92 Å². The van der Waals surface area contributed by atoms with E-state index < -0.39 is 0 Å². The smallest absolute Gasteiger partial charge is 0.164 e. The van der Waals surface area contributed by atoms with Gasteiger partial charge in [0.25, 0.3) is 0 Å². The topological polar surface area (TPSA) is 108 Å². The molecule has 0 spiro atoms. The Morgan fingerprint density at radius 1 is 1.09 bits per heavy atom. The third kappa shape index (κ3) is 4.65. The van der Waals surface area contributed by atoms with Crippen LogP contribution in [-0.4, -0.2) is 38.6 Å². The van der Waals surface area contributed by atoms with Crippen molar-refractivity contribution in [2.45, 2.75) is 13.5 Å². The highest BCUT2D eigenvalue weighted by atomic mass is 16.5. The number of Topliss-reactive ketones (excluding diaryl/α,β-unsaturated/α-hetero) is 1. The summed E-state index contributed by atoms with van der Waals surface area (Å²) >= 11 is 0. The SMILES string of the molecule is C=C(CNCCn1nc(-c2ccc(Oc3ccccc3)cc2)c2c(N)ncnc21)C(C)=O. The molecule has 0 amide bonds. The molecule has 0 saturated heterocycles. The summed E-state index contributed by atoms with van der Waals surface area (Å²) < 4.78 is 7.67. The van der Waals surface area contributed by atoms with Gasteiger partial charge in [-0.1, -0.05) is 24.8 Å². The summed E-state index contributed by atoms with van der Waals surface area (Å²) in [6, 6.07) is 17.3. The highest BCUT2D eigenvalue weighted by Crippen LogP contribution is 2.31. The number of nitrogens with zero attached hydrogens (tertiary/aromatic N) is 4. The van der Waals surface area contributed by atoms with Crippen molar-refractivity contribution in [2.75, 3.05) is 18.8 Å². The standard InChI is InChI=1S/C24H24N6O2/c1-16(17(2)31)14-26-12-13-30-24-21(23(25)27-15-28-24)22(29-30)18-8-10-20(11-9-18)32-19-6-4-3-5-7-19/h3-11,15,26H,1,12-14H2,2H3,(H2,25,27,28). The molecule has 0 radical (unpaired) electrons. The van der Waals surface area contributed by atoms with Crippen LogP contribution in [0.25, 0.3) is 22.3 Å². The number of carbonyl (C=O) groups excluding carboxylic acids is 1. The molecule has 3 N–H and O–H groups in total. The zero-order valence-corrected chi connectivity index (χ0v) is 17.8. The van der Waals surface area contributed by atoms with Gasteiger partial charge in [0.2, 0.25) is 0 Å². The first-order valence-corrected chi connectivity index (χ1v) is 10.2. The number of hydrogen-bond donors (Lipinski definition) is 2. The average molecular weight is 428 g/mol. The summed E-state index contributed by atoms with van der Waals surface area (Å²) in [6.45, 7) is 6.84. The minimum Gasteiger partial charge on any atom is -0.457 e. The van der Waals surface area contributed by atoms with Crippen LogP contribution in [0, 0.1) is 0 Å². The van der Waals surface area contributed by atoms with Crippen LogP contribution in [0.2, 0.25) is 0 Å². The summed E-state index contributed by atoms with van der Waals surface area (Å²) in [5.74, 6) is 1.85. The van der Waals surface area contributed by atoms with E-state index in [-0.39, 0.29) is 5.78 Å². The Balaban J connectivity index is 1.56. The van der Waals surface area contributed by atoms with E-state index in [0.29, 0.717) is 47.8 Å². The minimum atomic E-state index is -0.0236. The Morgan fingerprint density at radius 2 is 1.81 bits per heavy atom. The molecular weight excluding hydrogens is 404 g/mol. The maximum atomic E-state index is 11.3. The third-order valence-corrected chi connectivity index (χ3v) is 5.00. The van der Waals surface area contributed by atoms with Crippen molar-refractivity contribution in [3.8, 4) is 22.8 Å². The van der Waals surface area contributed by atoms with E-state index in [9.17, 15) is 4.79 Å². The lowest BCUT2D eigenvalue weighted by Gasteiger charge is -2.06. The Morgan fingerprint density at radius 3 is 2.53 bits per heavy atom. The summed E-state index contributed by atoms with van der Waals surface area (Å²) in [5, 5.41) is 8.66. The minimum absolute atomic E-state index is 0.0236. The molecule has 8 heteroatoms. The molecule has 0 atom stereocenters. The third-order valence-electron chi connectivity index (χ3n) is 5.00. The molecule has 2 aromatic carbocycles. The van der Waals surface area contributed by atoms with E-state index in [1.54, 1.807) is 4.68 Å². The number of nitrogen functional groups attached to an aromatic ring is 1. The summed E-state index contributed by atoms with van der Waals surface area (Å²) in [5.41, 5.74) is 8.96. The highest BCUT2D eigenvalue weighted by molar-refractivity contribution is 5.98. The predicted octanol–water partition coefficient (Wildman–Crippen LogP) is 3.60. The maximum Gasteiger partial charge on any atom is 0.164 e. The molecule has 32 heavy (non-hydrogen) atoms. The average Bonchev–Trinajstić information content (AvgIpc) is 3.17. The molecule has 0 saturated carbocycles. The van der Waals surface area contributed by atoms with Gasteiger partial charge in [-0.25, -0.2) is 14.6 Å². The van der Waals surface area contributed by atoms with Crippen molar-refractivity contribution in [3.05, 3.63) is 73.1 Å². The fourth-order valence-electron chi connectivity index (χ4n) is 3.24. The van der Waals surface area contributed by atoms with Gasteiger partial charge in [0, 0.05) is 24.2 Å². The fourth-order valence-corrected chi connectivity index (χ4v) is 3.24. The number of aromatic nitrogens is 4. The van der Waals surface area contributed by atoms with Crippen molar-refractivity contribution >= 4 is 22.6 Å². The van der Waals surface area contributed by atoms with E-state index in [4.69, 9.17) is 15.6 Å². The second kappa shape index (κ2) is 9.40. The molecule has 0 fully saturated rings. The van der Waals surface area contributed by atoms with E-state index in [2.05, 4.69) is 21.9 Å². The number of fused-ring (bicyclic) bond motifs is 1. The Kier molecular flexibility index (Phi) is 6.23. The second-order valence-electron chi connectivity index (χ2n) is 7.31. The van der Waals surface area contributed by atoms with Crippen LogP contribution in [0.5, 0.6) is 11.5 Å². The van der Waals surface area contributed by atoms with Gasteiger partial charge in [0.15, 0.2) is 11.4 Å². The number of rotatable bonds is 9. The Hall–Kier alpha value is -4.04. The number of nitrogens with two attached hydrogens (primary N) is 1. The number of para-hydroxylation sites is 1. The number of carbonyl (C=O) groups is 1. The van der Waals surface area contributed by atoms with E-state index in [1.165, 1.54) is 13.3 Å². The lowest BCUT2D eigenvalue weighted by atomic mass is 10.1. The first kappa shape index (κ1) is 21.2. The predicted molar refractivity (Wildman–Crippen MR) is 124 cm³/mol. The normalized spacial score (nSPS) is 10.9. The first-order chi connectivity index (χ1) is 15.5. The molecule has 4 rings (SSSR count). The van der Waals surface area contributed by atoms with Crippen LogP contribution < -0.4 is 15.8 Å². The van der Waals surface area contributed by atoms with Crippen LogP contribution in [0.4, 0.5) is 5.82 Å². The van der Waals surface area contributed by atoms with Gasteiger partial charge in [-0.3, -0.25) is 4.79 Å². The molecule has 0 aliphatic heterocycles. The lowest BCUT2D eigenvalue weighted by molar-refractivity contribution is -0.113. The van der Waals surface area contributed by atoms with Gasteiger partial charge in [-0.05, 0) is 43.3 Å². The van der Waals surface area contributed by atoms with Gasteiger partial charge in [-0.15, -0.1) is 0 Å². The molecule has 8 nitrogen and oxygen atoms in total. The summed E-state index contributed by atoms with van der Waals surface area (Å²) in [7, 11) is 0. The van der Waals surface area contributed by atoms with E-state index in [0.717, 1.165) is 17.1 Å². The molecule has 0 unspecified atom stereocenters. The van der Waals surface area contributed by atoms with Gasteiger partial charge in [0.1, 0.15) is 29.3 Å². The van der Waals surface area contributed by atoms with Gasteiger partial charge >= 0.3 is 0 Å². The molecular formula is C24H24N6O2. The zero-order valence-electron chi connectivity index (χ0n) is 17.8. The van der Waals surface area contributed by atoms with Gasteiger partial charge in [0.05, 0.1) is 11.9 Å². The fraction of sp³-hybridized carbons (Fsp3) is 0.167. The van der Waals surface area contributed by atoms with E-state index in [1.807, 2.05) is 54.6 Å².